The van der Waals surface area contributed by atoms with Gasteiger partial charge in [-0.2, -0.15) is 0 Å². The Morgan fingerprint density at radius 3 is 2.29 bits per heavy atom. The molecule has 1 unspecified atom stereocenters. The van der Waals surface area contributed by atoms with Gasteiger partial charge < -0.3 is 19.7 Å². The summed E-state index contributed by atoms with van der Waals surface area (Å²) in [5.74, 6) is -0.872. The van der Waals surface area contributed by atoms with E-state index in [0.717, 1.165) is 45.3 Å². The number of carboxylic acid groups (broad SMARTS) is 1. The third kappa shape index (κ3) is 8.74. The first-order valence-electron chi connectivity index (χ1n) is 14.4. The van der Waals surface area contributed by atoms with Crippen molar-refractivity contribution in [2.75, 3.05) is 44.2 Å². The number of hydrogen-bond acceptors (Lipinski definition) is 5. The first kappa shape index (κ1) is 31.4. The molecule has 0 aromatic heterocycles. The van der Waals surface area contributed by atoms with Crippen molar-refractivity contribution in [1.82, 2.24) is 9.80 Å². The Morgan fingerprint density at radius 1 is 1.00 bits per heavy atom. The van der Waals surface area contributed by atoms with Crippen molar-refractivity contribution in [3.8, 4) is 0 Å². The lowest BCUT2D eigenvalue weighted by molar-refractivity contribution is -0.145. The Morgan fingerprint density at radius 2 is 1.68 bits per heavy atom. The maximum absolute atomic E-state index is 13.8. The van der Waals surface area contributed by atoms with Crippen molar-refractivity contribution in [2.24, 2.45) is 11.8 Å². The molecule has 0 aliphatic carbocycles. The Labute approximate surface area is 251 Å². The van der Waals surface area contributed by atoms with Crippen LogP contribution in [-0.4, -0.2) is 78.4 Å². The van der Waals surface area contributed by atoms with Crippen LogP contribution in [0.3, 0.4) is 0 Å². The van der Waals surface area contributed by atoms with E-state index in [9.17, 15) is 23.9 Å². The van der Waals surface area contributed by atoms with Gasteiger partial charge in [0.25, 0.3) is 0 Å². The highest BCUT2D eigenvalue weighted by Crippen LogP contribution is 2.30. The van der Waals surface area contributed by atoms with E-state index in [1.54, 1.807) is 21.9 Å². The zero-order valence-electron chi connectivity index (χ0n) is 23.2. The summed E-state index contributed by atoms with van der Waals surface area (Å²) in [4.78, 5) is 42.4. The molecule has 10 heteroatoms. The number of rotatable bonds is 12. The van der Waals surface area contributed by atoms with Crippen LogP contribution in [0.25, 0.3) is 0 Å². The van der Waals surface area contributed by atoms with Crippen LogP contribution < -0.4 is 4.90 Å². The Balaban J connectivity index is 1.32. The Hall–Kier alpha value is -2.52. The minimum atomic E-state index is -1.02. The summed E-state index contributed by atoms with van der Waals surface area (Å²) in [5, 5.41) is 10.3. The largest absolute Gasteiger partial charge is 0.480 e. The monoisotopic (exact) mass is 605 g/mol. The van der Waals surface area contributed by atoms with Gasteiger partial charge in [0.1, 0.15) is 18.1 Å². The second-order valence-corrected chi connectivity index (χ2v) is 11.9. The highest BCUT2D eigenvalue weighted by molar-refractivity contribution is 6.42. The summed E-state index contributed by atoms with van der Waals surface area (Å²) < 4.78 is 13.2. The van der Waals surface area contributed by atoms with Gasteiger partial charge in [0.15, 0.2) is 0 Å². The number of carboxylic acids is 1. The van der Waals surface area contributed by atoms with Gasteiger partial charge in [-0.15, -0.1) is 0 Å². The van der Waals surface area contributed by atoms with Crippen LogP contribution in [-0.2, 0) is 20.8 Å². The molecule has 41 heavy (non-hydrogen) atoms. The molecule has 2 aromatic rings. The molecule has 222 valence electrons. The van der Waals surface area contributed by atoms with Crippen LogP contribution in [0.15, 0.2) is 42.5 Å². The predicted molar refractivity (Wildman–Crippen MR) is 159 cm³/mol. The molecule has 2 fully saturated rings. The summed E-state index contributed by atoms with van der Waals surface area (Å²) >= 11 is 12.5. The van der Waals surface area contributed by atoms with E-state index in [1.807, 2.05) is 18.2 Å². The van der Waals surface area contributed by atoms with Crippen molar-refractivity contribution in [3.63, 3.8) is 0 Å². The van der Waals surface area contributed by atoms with Gasteiger partial charge in [-0.05, 0) is 113 Å². The number of aldehydes is 1. The normalized spacial score (nSPS) is 18.2. The molecule has 1 atom stereocenters. The molecule has 7 nitrogen and oxygen atoms in total. The fraction of sp³-hybridized carbons (Fsp3) is 0.516. The van der Waals surface area contributed by atoms with E-state index in [1.165, 1.54) is 17.7 Å². The molecule has 2 aliphatic rings. The number of likely N-dealkylation sites (tertiary alicyclic amines) is 2. The number of anilines is 1. The topological polar surface area (TPSA) is 81.2 Å². The van der Waals surface area contributed by atoms with Crippen molar-refractivity contribution in [1.29, 1.82) is 0 Å². The van der Waals surface area contributed by atoms with Crippen LogP contribution >= 0.6 is 23.2 Å². The molecular formula is C31H38Cl2FN3O4. The van der Waals surface area contributed by atoms with Gasteiger partial charge in [0, 0.05) is 24.6 Å². The van der Waals surface area contributed by atoms with Crippen LogP contribution in [0, 0.1) is 17.7 Å². The van der Waals surface area contributed by atoms with E-state index in [0.29, 0.717) is 60.4 Å². The first-order valence-corrected chi connectivity index (χ1v) is 15.1. The summed E-state index contributed by atoms with van der Waals surface area (Å²) in [6.45, 7) is 4.30. The van der Waals surface area contributed by atoms with E-state index >= 15 is 0 Å². The van der Waals surface area contributed by atoms with Gasteiger partial charge >= 0.3 is 5.97 Å². The van der Waals surface area contributed by atoms with Crippen molar-refractivity contribution < 1.29 is 23.9 Å². The Kier molecular flexibility index (Phi) is 11.6. The zero-order valence-corrected chi connectivity index (χ0v) is 24.7. The van der Waals surface area contributed by atoms with Crippen molar-refractivity contribution in [3.05, 3.63) is 63.9 Å². The summed E-state index contributed by atoms with van der Waals surface area (Å²) in [7, 11) is 0. The summed E-state index contributed by atoms with van der Waals surface area (Å²) in [5.41, 5.74) is 1.88. The highest BCUT2D eigenvalue weighted by Gasteiger charge is 2.34. The number of carbonyl (C=O) groups excluding carboxylic acids is 2. The standard InChI is InChI=1S/C31H38Cl2FN3O4/c32-27-7-6-26(21-28(27)33)37(30(39)24-10-17-36(18-11-24)29(12-19-38)31(40)41)14-1-13-35-15-8-23(9-16-35)20-22-2-4-25(34)5-3-22/h2-7,19,21,23-24,29H,1,8-18,20H2,(H,40,41). The fourth-order valence-electron chi connectivity index (χ4n) is 6.02. The van der Waals surface area contributed by atoms with Gasteiger partial charge in [-0.1, -0.05) is 35.3 Å². The minimum Gasteiger partial charge on any atom is -0.480 e. The number of aliphatic carboxylic acids is 1. The molecule has 0 saturated carbocycles. The van der Waals surface area contributed by atoms with Crippen LogP contribution in [0.2, 0.25) is 10.0 Å². The van der Waals surface area contributed by atoms with Crippen LogP contribution in [0.1, 0.15) is 44.1 Å². The van der Waals surface area contributed by atoms with Gasteiger partial charge in [0.2, 0.25) is 5.91 Å². The van der Waals surface area contributed by atoms with Gasteiger partial charge in [-0.25, -0.2) is 4.39 Å². The Bertz CT molecular complexity index is 1180. The summed E-state index contributed by atoms with van der Waals surface area (Å²) in [6.07, 6.45) is 5.58. The highest BCUT2D eigenvalue weighted by atomic mass is 35.5. The number of amides is 1. The molecule has 0 radical (unpaired) electrons. The quantitative estimate of drug-likeness (QED) is 0.319. The number of carbonyl (C=O) groups is 3. The van der Waals surface area contributed by atoms with Crippen LogP contribution in [0.5, 0.6) is 0 Å². The number of halogens is 3. The molecular weight excluding hydrogens is 568 g/mol. The number of nitrogens with zero attached hydrogens (tertiary/aromatic N) is 3. The minimum absolute atomic E-state index is 0.00306. The SMILES string of the molecule is O=CCC(C(=O)O)N1CCC(C(=O)N(CCCN2CCC(Cc3ccc(F)cc3)CC2)c2ccc(Cl)c(Cl)c2)CC1. The number of piperidine rings is 2. The van der Waals surface area contributed by atoms with E-state index in [4.69, 9.17) is 23.2 Å². The van der Waals surface area contributed by atoms with E-state index in [-0.39, 0.29) is 24.1 Å². The second kappa shape index (κ2) is 15.1. The zero-order chi connectivity index (χ0) is 29.4. The smallest absolute Gasteiger partial charge is 0.321 e. The summed E-state index contributed by atoms with van der Waals surface area (Å²) in [6, 6.07) is 11.2. The number of hydrogen-bond donors (Lipinski definition) is 1. The predicted octanol–water partition coefficient (Wildman–Crippen LogP) is 5.56. The number of benzene rings is 2. The van der Waals surface area contributed by atoms with Crippen molar-refractivity contribution in [2.45, 2.75) is 51.0 Å². The molecule has 0 spiro atoms. The molecule has 4 rings (SSSR count). The maximum atomic E-state index is 13.8. The van der Waals surface area contributed by atoms with Gasteiger partial charge in [0.05, 0.1) is 10.0 Å². The third-order valence-electron chi connectivity index (χ3n) is 8.41. The van der Waals surface area contributed by atoms with Crippen LogP contribution in [0.4, 0.5) is 10.1 Å². The average molecular weight is 607 g/mol. The molecule has 2 saturated heterocycles. The molecule has 2 heterocycles. The molecule has 0 bridgehead atoms. The lowest BCUT2D eigenvalue weighted by atomic mass is 9.90. The average Bonchev–Trinajstić information content (AvgIpc) is 2.97. The fourth-order valence-corrected chi connectivity index (χ4v) is 6.31. The molecule has 1 N–H and O–H groups in total. The lowest BCUT2D eigenvalue weighted by Crippen LogP contribution is -2.49. The second-order valence-electron chi connectivity index (χ2n) is 11.1. The van der Waals surface area contributed by atoms with Crippen molar-refractivity contribution >= 4 is 47.1 Å². The van der Waals surface area contributed by atoms with Gasteiger partial charge in [-0.3, -0.25) is 14.5 Å². The molecule has 2 aliphatic heterocycles. The lowest BCUT2D eigenvalue weighted by Gasteiger charge is -2.37. The first-order chi connectivity index (χ1) is 19.7. The van der Waals surface area contributed by atoms with E-state index in [2.05, 4.69) is 4.90 Å². The molecule has 1 amide bonds. The third-order valence-corrected chi connectivity index (χ3v) is 9.14. The maximum Gasteiger partial charge on any atom is 0.321 e. The van der Waals surface area contributed by atoms with E-state index < -0.39 is 12.0 Å². The molecule has 2 aromatic carbocycles.